The van der Waals surface area contributed by atoms with E-state index in [1.165, 1.54) is 24.6 Å². The summed E-state index contributed by atoms with van der Waals surface area (Å²) < 4.78 is 20.9. The molecular weight excluding hydrogens is 617 g/mol. The number of rotatable bonds is 4. The van der Waals surface area contributed by atoms with Gasteiger partial charge >= 0.3 is 23.9 Å². The largest absolute Gasteiger partial charge is 0.469 e. The predicted octanol–water partition coefficient (Wildman–Crippen LogP) is 6.60. The molecule has 0 bridgehead atoms. The fraction of sp³-hybridized carbons (Fsp3) is 0.444. The normalized spacial score (nSPS) is 26.5. The third kappa shape index (κ3) is 6.16. The summed E-state index contributed by atoms with van der Waals surface area (Å²) in [6.45, 7) is 13.6. The maximum Gasteiger partial charge on any atom is 0.316 e. The van der Waals surface area contributed by atoms with Crippen LogP contribution in [0.15, 0.2) is 71.1 Å². The molecule has 2 aromatic carbocycles. The lowest BCUT2D eigenvalue weighted by Gasteiger charge is -2.43. The number of carbonyl (C=O) groups is 4. The van der Waals surface area contributed by atoms with E-state index in [0.717, 1.165) is 11.1 Å². The Morgan fingerprint density at radius 2 is 0.978 bits per heavy atom. The van der Waals surface area contributed by atoms with Crippen molar-refractivity contribution in [3.8, 4) is 11.5 Å². The molecule has 2 aliphatic heterocycles. The zero-order chi connectivity index (χ0) is 33.6. The number of carbonyl (C=O) groups excluding carboxylic acids is 4. The van der Waals surface area contributed by atoms with Gasteiger partial charge in [0.1, 0.15) is 11.5 Å². The van der Waals surface area contributed by atoms with Crippen LogP contribution in [0.25, 0.3) is 0 Å². The molecular formula is C36H44O8Si2. The standard InChI is InChI=1S/2C18H22O4Si/c2*1-21-17(19)12-9-10-14(23(2,3)4)15-11-7-5-6-8-13(11)22-18(20)16(12)15/h2*5-8,10,12,15-16H,9H2,1-4H3/t2*12-,15-,16+/m11/s1. The minimum atomic E-state index is -1.64. The van der Waals surface area contributed by atoms with Gasteiger partial charge in [-0.2, -0.15) is 0 Å². The molecule has 4 aliphatic rings. The van der Waals surface area contributed by atoms with Crippen LogP contribution in [0.5, 0.6) is 11.5 Å². The molecule has 6 atom stereocenters. The first-order valence-corrected chi connectivity index (χ1v) is 22.9. The van der Waals surface area contributed by atoms with Crippen molar-refractivity contribution in [2.24, 2.45) is 23.7 Å². The van der Waals surface area contributed by atoms with Crippen LogP contribution in [0.2, 0.25) is 39.3 Å². The smallest absolute Gasteiger partial charge is 0.316 e. The lowest BCUT2D eigenvalue weighted by Crippen LogP contribution is -2.46. The number of para-hydroxylation sites is 2. The van der Waals surface area contributed by atoms with Gasteiger partial charge < -0.3 is 18.9 Å². The molecule has 2 aliphatic carbocycles. The maximum atomic E-state index is 12.7. The molecule has 0 fully saturated rings. The van der Waals surface area contributed by atoms with Gasteiger partial charge in [0.25, 0.3) is 0 Å². The molecule has 0 spiro atoms. The SMILES string of the molecule is COC(=O)[C@@H]1CC=C([Si](C)(C)C)[C@H]2c3ccccc3OC(=O)[C@@H]12.COC(=O)[C@@H]1CC=C([Si](C)(C)C)[C@H]2c3ccccc3OC(=O)[C@@H]12. The van der Waals surface area contributed by atoms with E-state index in [2.05, 4.69) is 51.4 Å². The third-order valence-electron chi connectivity index (χ3n) is 9.65. The van der Waals surface area contributed by atoms with Crippen LogP contribution >= 0.6 is 0 Å². The van der Waals surface area contributed by atoms with Crippen LogP contribution in [0.1, 0.15) is 35.8 Å². The summed E-state index contributed by atoms with van der Waals surface area (Å²) in [5.74, 6) is -2.09. The minimum absolute atomic E-state index is 0.0723. The molecule has 46 heavy (non-hydrogen) atoms. The Kier molecular flexibility index (Phi) is 9.34. The zero-order valence-electron chi connectivity index (χ0n) is 27.9. The van der Waals surface area contributed by atoms with Crippen molar-refractivity contribution in [1.82, 2.24) is 0 Å². The number of allylic oxidation sites excluding steroid dienone is 4. The molecule has 8 nitrogen and oxygen atoms in total. The monoisotopic (exact) mass is 660 g/mol. The van der Waals surface area contributed by atoms with Crippen molar-refractivity contribution in [2.75, 3.05) is 14.2 Å². The Labute approximate surface area is 273 Å². The first-order valence-electron chi connectivity index (χ1n) is 15.9. The second-order valence-electron chi connectivity index (χ2n) is 14.5. The molecule has 0 N–H and O–H groups in total. The van der Waals surface area contributed by atoms with Gasteiger partial charge in [0.15, 0.2) is 0 Å². The number of methoxy groups -OCH3 is 2. The number of esters is 4. The van der Waals surface area contributed by atoms with Crippen LogP contribution in [0.3, 0.4) is 0 Å². The van der Waals surface area contributed by atoms with Gasteiger partial charge in [0.2, 0.25) is 0 Å². The second-order valence-corrected chi connectivity index (χ2v) is 24.6. The highest BCUT2D eigenvalue weighted by molar-refractivity contribution is 6.83. The molecule has 6 rings (SSSR count). The molecule has 2 heterocycles. The number of fused-ring (bicyclic) bond motifs is 6. The molecule has 0 saturated heterocycles. The van der Waals surface area contributed by atoms with E-state index in [1.807, 2.05) is 48.5 Å². The average Bonchev–Trinajstić information content (AvgIpc) is 3.02. The first-order chi connectivity index (χ1) is 21.7. The van der Waals surface area contributed by atoms with E-state index in [0.29, 0.717) is 24.3 Å². The van der Waals surface area contributed by atoms with Crippen LogP contribution < -0.4 is 9.47 Å². The van der Waals surface area contributed by atoms with E-state index in [-0.39, 0.29) is 35.7 Å². The van der Waals surface area contributed by atoms with E-state index in [9.17, 15) is 19.2 Å². The summed E-state index contributed by atoms with van der Waals surface area (Å²) in [6.07, 6.45) is 5.43. The molecule has 0 radical (unpaired) electrons. The minimum Gasteiger partial charge on any atom is -0.469 e. The van der Waals surface area contributed by atoms with Gasteiger partial charge in [-0.25, -0.2) is 0 Å². The van der Waals surface area contributed by atoms with Gasteiger partial charge in [-0.15, -0.1) is 0 Å². The molecule has 2 aromatic rings. The van der Waals surface area contributed by atoms with Crippen molar-refractivity contribution in [1.29, 1.82) is 0 Å². The second kappa shape index (κ2) is 12.8. The molecule has 244 valence electrons. The number of hydrogen-bond donors (Lipinski definition) is 0. The maximum absolute atomic E-state index is 12.7. The van der Waals surface area contributed by atoms with Gasteiger partial charge in [0, 0.05) is 23.0 Å². The van der Waals surface area contributed by atoms with Crippen molar-refractivity contribution in [3.05, 3.63) is 82.2 Å². The van der Waals surface area contributed by atoms with E-state index in [4.69, 9.17) is 18.9 Å². The molecule has 0 aromatic heterocycles. The third-order valence-corrected chi connectivity index (χ3v) is 14.1. The lowest BCUT2D eigenvalue weighted by molar-refractivity contribution is -0.156. The first kappa shape index (κ1) is 33.6. The fourth-order valence-electron chi connectivity index (χ4n) is 7.58. The Morgan fingerprint density at radius 3 is 1.30 bits per heavy atom. The van der Waals surface area contributed by atoms with E-state index in [1.54, 1.807) is 0 Å². The van der Waals surface area contributed by atoms with Crippen molar-refractivity contribution in [2.45, 2.75) is 64.0 Å². The molecule has 0 amide bonds. The molecule has 0 unspecified atom stereocenters. The lowest BCUT2D eigenvalue weighted by atomic mass is 9.71. The zero-order valence-corrected chi connectivity index (χ0v) is 29.9. The highest BCUT2D eigenvalue weighted by Gasteiger charge is 2.52. The summed E-state index contributed by atoms with van der Waals surface area (Å²) in [6, 6.07) is 15.3. The van der Waals surface area contributed by atoms with Crippen LogP contribution in [0.4, 0.5) is 0 Å². The number of ether oxygens (including phenoxy) is 4. The summed E-state index contributed by atoms with van der Waals surface area (Å²) in [5.41, 5.74) is 2.03. The Balaban J connectivity index is 0.000000181. The summed E-state index contributed by atoms with van der Waals surface area (Å²) in [4.78, 5) is 49.7. The van der Waals surface area contributed by atoms with E-state index >= 15 is 0 Å². The highest BCUT2D eigenvalue weighted by atomic mass is 28.3. The van der Waals surface area contributed by atoms with E-state index < -0.39 is 39.8 Å². The van der Waals surface area contributed by atoms with Crippen LogP contribution in [-0.4, -0.2) is 54.2 Å². The van der Waals surface area contributed by atoms with Crippen molar-refractivity contribution >= 4 is 40.0 Å². The Morgan fingerprint density at radius 1 is 0.630 bits per heavy atom. The quantitative estimate of drug-likeness (QED) is 0.205. The highest BCUT2D eigenvalue weighted by Crippen LogP contribution is 2.52. The predicted molar refractivity (Wildman–Crippen MR) is 180 cm³/mol. The van der Waals surface area contributed by atoms with Crippen LogP contribution in [-0.2, 0) is 28.7 Å². The van der Waals surface area contributed by atoms with Gasteiger partial charge in [-0.1, -0.05) is 98.2 Å². The number of hydrogen-bond acceptors (Lipinski definition) is 8. The Hall–Kier alpha value is -3.77. The Bertz CT molecular complexity index is 1490. The topological polar surface area (TPSA) is 105 Å². The molecule has 10 heteroatoms. The fourth-order valence-corrected chi connectivity index (χ4v) is 11.6. The number of benzene rings is 2. The van der Waals surface area contributed by atoms with Crippen molar-refractivity contribution in [3.63, 3.8) is 0 Å². The van der Waals surface area contributed by atoms with Crippen molar-refractivity contribution < 1.29 is 38.1 Å². The average molecular weight is 661 g/mol. The van der Waals surface area contributed by atoms with Gasteiger partial charge in [0.05, 0.1) is 54.0 Å². The van der Waals surface area contributed by atoms with Gasteiger partial charge in [-0.05, 0) is 25.0 Å². The molecule has 0 saturated carbocycles. The summed E-state index contributed by atoms with van der Waals surface area (Å²) in [7, 11) is -0.528. The summed E-state index contributed by atoms with van der Waals surface area (Å²) >= 11 is 0. The van der Waals surface area contributed by atoms with Crippen LogP contribution in [0, 0.1) is 23.7 Å². The van der Waals surface area contributed by atoms with Gasteiger partial charge in [-0.3, -0.25) is 19.2 Å². The summed E-state index contributed by atoms with van der Waals surface area (Å²) in [5, 5.41) is 2.65.